The van der Waals surface area contributed by atoms with Crippen LogP contribution in [0.3, 0.4) is 0 Å². The first-order valence-corrected chi connectivity index (χ1v) is 18.9. The fraction of sp³-hybridized carbons (Fsp3) is 0.0980. The summed E-state index contributed by atoms with van der Waals surface area (Å²) in [6, 6.07) is 51.9. The molecule has 0 atom stereocenters. The van der Waals surface area contributed by atoms with E-state index in [1.807, 2.05) is 24.3 Å². The van der Waals surface area contributed by atoms with Crippen LogP contribution in [0.1, 0.15) is 49.2 Å². The number of nitrogens with zero attached hydrogens (tertiary/aromatic N) is 4. The Morgan fingerprint density at radius 3 is 1.69 bits per heavy atom. The van der Waals surface area contributed by atoms with E-state index < -0.39 is 0 Å². The second-order valence-corrected chi connectivity index (χ2v) is 15.0. The molecular weight excluding hydrogens is 669 g/mol. The number of hydrogen-bond donors (Lipinski definition) is 0. The quantitative estimate of drug-likeness (QED) is 0.167. The van der Waals surface area contributed by atoms with E-state index >= 15 is 0 Å². The normalized spacial score (nSPS) is 14.0. The maximum absolute atomic E-state index is 9.72. The second kappa shape index (κ2) is 12.9. The van der Waals surface area contributed by atoms with Crippen LogP contribution in [0.15, 0.2) is 158 Å². The van der Waals surface area contributed by atoms with Crippen molar-refractivity contribution >= 4 is 27.1 Å². The monoisotopic (exact) mass is 704 g/mol. The molecule has 10 rings (SSSR count). The van der Waals surface area contributed by atoms with E-state index in [9.17, 15) is 5.26 Å². The van der Waals surface area contributed by atoms with E-state index in [0.717, 1.165) is 40.9 Å². The Morgan fingerprint density at radius 1 is 0.527 bits per heavy atom. The maximum atomic E-state index is 9.72. The van der Waals surface area contributed by atoms with E-state index in [1.165, 1.54) is 60.5 Å². The van der Waals surface area contributed by atoms with Crippen LogP contribution in [0.4, 0.5) is 0 Å². The van der Waals surface area contributed by atoms with Gasteiger partial charge in [-0.05, 0) is 103 Å². The van der Waals surface area contributed by atoms with Gasteiger partial charge in [0, 0.05) is 16.5 Å². The molecule has 0 unspecified atom stereocenters. The first-order chi connectivity index (χ1) is 27.0. The minimum atomic E-state index is -0.256. The van der Waals surface area contributed by atoms with Crippen LogP contribution in [0, 0.1) is 11.3 Å². The zero-order chi connectivity index (χ0) is 37.1. The lowest BCUT2D eigenvalue weighted by Gasteiger charge is -2.23. The summed E-state index contributed by atoms with van der Waals surface area (Å²) in [5.41, 5.74) is 13.1. The van der Waals surface area contributed by atoms with Crippen molar-refractivity contribution in [3.8, 4) is 62.2 Å². The van der Waals surface area contributed by atoms with Crippen LogP contribution >= 0.6 is 0 Å². The molecule has 1 heterocycles. The highest BCUT2D eigenvalue weighted by Crippen LogP contribution is 2.52. The molecule has 55 heavy (non-hydrogen) atoms. The van der Waals surface area contributed by atoms with Gasteiger partial charge in [0.05, 0.1) is 11.6 Å². The van der Waals surface area contributed by atoms with E-state index in [1.54, 1.807) is 0 Å². The summed E-state index contributed by atoms with van der Waals surface area (Å²) in [4.78, 5) is 15.0. The van der Waals surface area contributed by atoms with E-state index in [0.29, 0.717) is 17.2 Å². The Labute approximate surface area is 320 Å². The summed E-state index contributed by atoms with van der Waals surface area (Å²) < 4.78 is 0. The molecule has 0 saturated carbocycles. The summed E-state index contributed by atoms with van der Waals surface area (Å²) in [5.74, 6) is 2.06. The van der Waals surface area contributed by atoms with Crippen molar-refractivity contribution in [2.75, 3.05) is 0 Å². The van der Waals surface area contributed by atoms with Crippen molar-refractivity contribution in [1.82, 2.24) is 15.0 Å². The van der Waals surface area contributed by atoms with Gasteiger partial charge in [0.15, 0.2) is 17.5 Å². The van der Waals surface area contributed by atoms with Crippen LogP contribution in [0.5, 0.6) is 0 Å². The van der Waals surface area contributed by atoms with Gasteiger partial charge in [0.1, 0.15) is 0 Å². The van der Waals surface area contributed by atoms with Crippen LogP contribution in [-0.4, -0.2) is 15.0 Å². The first kappa shape index (κ1) is 32.7. The Balaban J connectivity index is 1.16. The number of aromatic nitrogens is 3. The summed E-state index contributed by atoms with van der Waals surface area (Å²) in [5, 5.41) is 14.6. The third-order valence-corrected chi connectivity index (χ3v) is 11.4. The number of allylic oxidation sites excluding steroid dienone is 4. The average Bonchev–Trinajstić information content (AvgIpc) is 3.48. The van der Waals surface area contributed by atoms with E-state index in [-0.39, 0.29) is 5.41 Å². The summed E-state index contributed by atoms with van der Waals surface area (Å²) in [7, 11) is 0. The molecule has 2 aliphatic rings. The molecule has 0 N–H and O–H groups in total. The highest BCUT2D eigenvalue weighted by Gasteiger charge is 2.36. The Morgan fingerprint density at radius 2 is 1.05 bits per heavy atom. The molecule has 2 aliphatic carbocycles. The lowest BCUT2D eigenvalue weighted by molar-refractivity contribution is 0.660. The van der Waals surface area contributed by atoms with Crippen molar-refractivity contribution in [1.29, 1.82) is 5.26 Å². The molecule has 0 saturated heterocycles. The summed E-state index contributed by atoms with van der Waals surface area (Å²) >= 11 is 0. The molecule has 0 aliphatic heterocycles. The molecular formula is C51H36N4. The number of rotatable bonds is 5. The third kappa shape index (κ3) is 5.39. The smallest absolute Gasteiger partial charge is 0.164 e. The molecule has 0 amide bonds. The average molecular weight is 705 g/mol. The summed E-state index contributed by atoms with van der Waals surface area (Å²) in [6.45, 7) is 4.55. The topological polar surface area (TPSA) is 62.5 Å². The van der Waals surface area contributed by atoms with Gasteiger partial charge in [-0.1, -0.05) is 153 Å². The maximum Gasteiger partial charge on any atom is 0.164 e. The van der Waals surface area contributed by atoms with Gasteiger partial charge >= 0.3 is 0 Å². The third-order valence-electron chi connectivity index (χ3n) is 11.4. The van der Waals surface area contributed by atoms with Gasteiger partial charge in [-0.3, -0.25) is 0 Å². The molecule has 4 nitrogen and oxygen atoms in total. The molecule has 0 radical (unpaired) electrons. The minimum absolute atomic E-state index is 0.256. The SMILES string of the molecule is CC1(C)c2cc(C#N)ccc2-c2ccc(-c3c(-c4ccc(-c5nc(C6=CC=CCC6)nc(-c6ccccc6)n5)cc4)c4ccccc4c4ccccc34)cc21. The van der Waals surface area contributed by atoms with Gasteiger partial charge < -0.3 is 0 Å². The Hall–Kier alpha value is -6.96. The van der Waals surface area contributed by atoms with E-state index in [4.69, 9.17) is 15.0 Å². The Bertz CT molecular complexity index is 2950. The largest absolute Gasteiger partial charge is 0.209 e. The minimum Gasteiger partial charge on any atom is -0.209 e. The predicted molar refractivity (Wildman–Crippen MR) is 225 cm³/mol. The molecule has 8 aromatic rings. The number of benzene rings is 7. The molecule has 0 spiro atoms. The molecule has 1 aromatic heterocycles. The highest BCUT2D eigenvalue weighted by molar-refractivity contribution is 6.21. The van der Waals surface area contributed by atoms with Gasteiger partial charge in [-0.15, -0.1) is 0 Å². The van der Waals surface area contributed by atoms with Crippen LogP contribution in [-0.2, 0) is 5.41 Å². The van der Waals surface area contributed by atoms with Crippen molar-refractivity contribution in [3.05, 3.63) is 180 Å². The van der Waals surface area contributed by atoms with Crippen molar-refractivity contribution in [2.24, 2.45) is 0 Å². The first-order valence-electron chi connectivity index (χ1n) is 18.9. The fourth-order valence-corrected chi connectivity index (χ4v) is 8.64. The predicted octanol–water partition coefficient (Wildman–Crippen LogP) is 12.8. The highest BCUT2D eigenvalue weighted by atomic mass is 15.0. The lowest BCUT2D eigenvalue weighted by Crippen LogP contribution is -2.15. The number of fused-ring (bicyclic) bond motifs is 6. The van der Waals surface area contributed by atoms with Crippen LogP contribution in [0.2, 0.25) is 0 Å². The standard InChI is InChI=1S/C51H36N4/c1-51(2)44-29-32(31-52)21-27-40(44)41-28-26-37(30-45(41)51)47-43-20-12-10-18-39(43)38-17-9-11-19-42(38)46(47)33-22-24-36(25-23-33)50-54-48(34-13-5-3-6-14-34)53-49(55-50)35-15-7-4-8-16-35/h3-7,9-15,17-30H,8,16H2,1-2H3. The van der Waals surface area contributed by atoms with Crippen LogP contribution < -0.4 is 0 Å². The van der Waals surface area contributed by atoms with Crippen molar-refractivity contribution in [2.45, 2.75) is 32.1 Å². The zero-order valence-electron chi connectivity index (χ0n) is 30.7. The molecule has 4 heteroatoms. The van der Waals surface area contributed by atoms with Crippen LogP contribution in [0.25, 0.3) is 83.3 Å². The molecule has 0 fully saturated rings. The van der Waals surface area contributed by atoms with Gasteiger partial charge in [-0.25, -0.2) is 15.0 Å². The molecule has 260 valence electrons. The number of hydrogen-bond acceptors (Lipinski definition) is 4. The fourth-order valence-electron chi connectivity index (χ4n) is 8.64. The number of nitriles is 1. The Kier molecular flexibility index (Phi) is 7.64. The van der Waals surface area contributed by atoms with Gasteiger partial charge in [0.2, 0.25) is 0 Å². The van der Waals surface area contributed by atoms with Crippen molar-refractivity contribution in [3.63, 3.8) is 0 Å². The second-order valence-electron chi connectivity index (χ2n) is 15.0. The van der Waals surface area contributed by atoms with Crippen molar-refractivity contribution < 1.29 is 0 Å². The zero-order valence-corrected chi connectivity index (χ0v) is 30.7. The molecule has 0 bridgehead atoms. The molecule has 7 aromatic carbocycles. The van der Waals surface area contributed by atoms with Gasteiger partial charge in [0.25, 0.3) is 0 Å². The summed E-state index contributed by atoms with van der Waals surface area (Å²) in [6.07, 6.45) is 8.27. The lowest BCUT2D eigenvalue weighted by atomic mass is 9.79. The van der Waals surface area contributed by atoms with Gasteiger partial charge in [-0.2, -0.15) is 5.26 Å². The van der Waals surface area contributed by atoms with E-state index in [2.05, 4.69) is 153 Å².